The Morgan fingerprint density at radius 3 is 2.03 bits per heavy atom. The molecule has 0 aromatic heterocycles. The molecule has 0 atom stereocenters. The first kappa shape index (κ1) is 23.3. The van der Waals surface area contributed by atoms with E-state index in [0.29, 0.717) is 6.54 Å². The standard InChI is InChI=1S/C25H32N2O3/c1-2-3-4-5-6-7-8-12-19-26-25(28)20-24(21-13-10-9-11-14-21)22-15-17-23(18-16-22)27(29)30/h9-11,13-18,20H,2-8,12,19H2,1H3,(H,26,28). The van der Waals surface area contributed by atoms with Gasteiger partial charge in [0.15, 0.2) is 0 Å². The fourth-order valence-corrected chi connectivity index (χ4v) is 3.37. The largest absolute Gasteiger partial charge is 0.353 e. The molecular weight excluding hydrogens is 376 g/mol. The fraction of sp³-hybridized carbons (Fsp3) is 0.400. The zero-order valence-electron chi connectivity index (χ0n) is 17.8. The topological polar surface area (TPSA) is 72.2 Å². The van der Waals surface area contributed by atoms with Gasteiger partial charge < -0.3 is 5.32 Å². The quantitative estimate of drug-likeness (QED) is 0.183. The molecule has 2 aromatic carbocycles. The van der Waals surface area contributed by atoms with Gasteiger partial charge >= 0.3 is 0 Å². The van der Waals surface area contributed by atoms with Crippen LogP contribution in [0.25, 0.3) is 5.57 Å². The van der Waals surface area contributed by atoms with Crippen LogP contribution in [-0.2, 0) is 4.79 Å². The van der Waals surface area contributed by atoms with Gasteiger partial charge in [-0.1, -0.05) is 82.2 Å². The Hall–Kier alpha value is -2.95. The molecule has 0 fully saturated rings. The molecule has 2 aromatic rings. The second-order valence-corrected chi connectivity index (χ2v) is 7.49. The Morgan fingerprint density at radius 2 is 1.43 bits per heavy atom. The van der Waals surface area contributed by atoms with Crippen LogP contribution in [0.4, 0.5) is 5.69 Å². The van der Waals surface area contributed by atoms with E-state index in [9.17, 15) is 14.9 Å². The lowest BCUT2D eigenvalue weighted by Crippen LogP contribution is -2.22. The van der Waals surface area contributed by atoms with Crippen LogP contribution in [0.1, 0.15) is 69.4 Å². The van der Waals surface area contributed by atoms with E-state index in [0.717, 1.165) is 29.5 Å². The van der Waals surface area contributed by atoms with Gasteiger partial charge in [-0.25, -0.2) is 0 Å². The van der Waals surface area contributed by atoms with Gasteiger partial charge in [-0.05, 0) is 35.3 Å². The van der Waals surface area contributed by atoms with Crippen LogP contribution < -0.4 is 5.32 Å². The number of hydrogen-bond acceptors (Lipinski definition) is 3. The van der Waals surface area contributed by atoms with Crippen molar-refractivity contribution in [1.29, 1.82) is 0 Å². The number of amides is 1. The Kier molecular flexibility index (Phi) is 10.3. The number of carbonyl (C=O) groups excluding carboxylic acids is 1. The predicted octanol–water partition coefficient (Wildman–Crippen LogP) is 6.28. The predicted molar refractivity (Wildman–Crippen MR) is 122 cm³/mol. The maximum atomic E-state index is 12.5. The number of non-ortho nitro benzene ring substituents is 1. The third-order valence-corrected chi connectivity index (χ3v) is 5.08. The monoisotopic (exact) mass is 408 g/mol. The normalized spacial score (nSPS) is 11.3. The molecule has 5 heteroatoms. The summed E-state index contributed by atoms with van der Waals surface area (Å²) in [7, 11) is 0. The van der Waals surface area contributed by atoms with Crippen molar-refractivity contribution in [3.8, 4) is 0 Å². The van der Waals surface area contributed by atoms with Crippen molar-refractivity contribution < 1.29 is 9.72 Å². The number of rotatable bonds is 13. The van der Waals surface area contributed by atoms with E-state index in [-0.39, 0.29) is 11.6 Å². The highest BCUT2D eigenvalue weighted by molar-refractivity contribution is 5.99. The maximum absolute atomic E-state index is 12.5. The minimum atomic E-state index is -0.424. The fourth-order valence-electron chi connectivity index (χ4n) is 3.37. The lowest BCUT2D eigenvalue weighted by atomic mass is 9.97. The Labute approximate surface area is 179 Å². The molecular formula is C25H32N2O3. The van der Waals surface area contributed by atoms with Gasteiger partial charge in [-0.3, -0.25) is 14.9 Å². The molecule has 160 valence electrons. The smallest absolute Gasteiger partial charge is 0.269 e. The van der Waals surface area contributed by atoms with E-state index in [1.165, 1.54) is 50.7 Å². The number of nitro groups is 1. The zero-order chi connectivity index (χ0) is 21.6. The Morgan fingerprint density at radius 1 is 0.867 bits per heavy atom. The minimum absolute atomic E-state index is 0.0327. The molecule has 0 saturated carbocycles. The molecule has 0 aliphatic heterocycles. The van der Waals surface area contributed by atoms with Crippen molar-refractivity contribution >= 4 is 17.2 Å². The second-order valence-electron chi connectivity index (χ2n) is 7.49. The number of benzene rings is 2. The van der Waals surface area contributed by atoms with Crippen molar-refractivity contribution in [3.05, 3.63) is 81.9 Å². The molecule has 0 aliphatic carbocycles. The second kappa shape index (κ2) is 13.3. The molecule has 0 heterocycles. The first-order valence-electron chi connectivity index (χ1n) is 10.9. The lowest BCUT2D eigenvalue weighted by molar-refractivity contribution is -0.384. The minimum Gasteiger partial charge on any atom is -0.353 e. The molecule has 1 amide bonds. The summed E-state index contributed by atoms with van der Waals surface area (Å²) in [6.07, 6.45) is 11.4. The van der Waals surface area contributed by atoms with E-state index in [4.69, 9.17) is 0 Å². The van der Waals surface area contributed by atoms with Crippen molar-refractivity contribution in [3.63, 3.8) is 0 Å². The Balaban J connectivity index is 1.93. The van der Waals surface area contributed by atoms with Crippen molar-refractivity contribution in [1.82, 2.24) is 5.32 Å². The van der Waals surface area contributed by atoms with Crippen LogP contribution in [0.3, 0.4) is 0 Å². The third kappa shape index (κ3) is 8.19. The molecule has 0 spiro atoms. The number of nitrogens with one attached hydrogen (secondary N) is 1. The molecule has 0 bridgehead atoms. The summed E-state index contributed by atoms with van der Waals surface area (Å²) in [6, 6.07) is 15.9. The molecule has 0 radical (unpaired) electrons. The average molecular weight is 409 g/mol. The SMILES string of the molecule is CCCCCCCCCCNC(=O)C=C(c1ccccc1)c1ccc([N+](=O)[O-])cc1. The first-order chi connectivity index (χ1) is 14.6. The highest BCUT2D eigenvalue weighted by atomic mass is 16.6. The van der Waals surface area contributed by atoms with Gasteiger partial charge in [0.05, 0.1) is 4.92 Å². The zero-order valence-corrected chi connectivity index (χ0v) is 17.8. The number of nitrogens with zero attached hydrogens (tertiary/aromatic N) is 1. The van der Waals surface area contributed by atoms with E-state index in [2.05, 4.69) is 12.2 Å². The lowest BCUT2D eigenvalue weighted by Gasteiger charge is -2.09. The van der Waals surface area contributed by atoms with Crippen LogP contribution in [0.5, 0.6) is 0 Å². The third-order valence-electron chi connectivity index (χ3n) is 5.08. The van der Waals surface area contributed by atoms with E-state index < -0.39 is 4.92 Å². The highest BCUT2D eigenvalue weighted by Gasteiger charge is 2.10. The summed E-state index contributed by atoms with van der Waals surface area (Å²) in [5.74, 6) is -0.143. The van der Waals surface area contributed by atoms with Gasteiger partial charge in [0.1, 0.15) is 0 Å². The molecule has 0 unspecified atom stereocenters. The summed E-state index contributed by atoms with van der Waals surface area (Å²) in [4.78, 5) is 23.0. The summed E-state index contributed by atoms with van der Waals surface area (Å²) in [6.45, 7) is 2.88. The first-order valence-corrected chi connectivity index (χ1v) is 10.9. The van der Waals surface area contributed by atoms with Crippen molar-refractivity contribution in [2.24, 2.45) is 0 Å². The average Bonchev–Trinajstić information content (AvgIpc) is 2.77. The maximum Gasteiger partial charge on any atom is 0.269 e. The number of carbonyl (C=O) groups is 1. The van der Waals surface area contributed by atoms with Crippen molar-refractivity contribution in [2.75, 3.05) is 6.54 Å². The molecule has 1 N–H and O–H groups in total. The van der Waals surface area contributed by atoms with E-state index in [1.807, 2.05) is 30.3 Å². The highest BCUT2D eigenvalue weighted by Crippen LogP contribution is 2.25. The van der Waals surface area contributed by atoms with Crippen LogP contribution in [0, 0.1) is 10.1 Å². The van der Waals surface area contributed by atoms with Gasteiger partial charge in [0.2, 0.25) is 5.91 Å². The van der Waals surface area contributed by atoms with Gasteiger partial charge in [0.25, 0.3) is 5.69 Å². The van der Waals surface area contributed by atoms with Gasteiger partial charge in [-0.15, -0.1) is 0 Å². The van der Waals surface area contributed by atoms with Gasteiger partial charge in [-0.2, -0.15) is 0 Å². The van der Waals surface area contributed by atoms with Crippen LogP contribution in [0.15, 0.2) is 60.7 Å². The summed E-state index contributed by atoms with van der Waals surface area (Å²) in [5, 5.41) is 13.9. The van der Waals surface area contributed by atoms with Crippen LogP contribution in [-0.4, -0.2) is 17.4 Å². The molecule has 0 aliphatic rings. The summed E-state index contributed by atoms with van der Waals surface area (Å²) in [5.41, 5.74) is 2.45. The van der Waals surface area contributed by atoms with E-state index in [1.54, 1.807) is 18.2 Å². The number of nitro benzene ring substituents is 1. The molecule has 2 rings (SSSR count). The molecule has 30 heavy (non-hydrogen) atoms. The summed E-state index contributed by atoms with van der Waals surface area (Å²) >= 11 is 0. The van der Waals surface area contributed by atoms with Crippen molar-refractivity contribution in [2.45, 2.75) is 58.3 Å². The number of hydrogen-bond donors (Lipinski definition) is 1. The van der Waals surface area contributed by atoms with E-state index >= 15 is 0 Å². The Bertz CT molecular complexity index is 814. The van der Waals surface area contributed by atoms with Gasteiger partial charge in [0, 0.05) is 24.8 Å². The molecule has 5 nitrogen and oxygen atoms in total. The summed E-state index contributed by atoms with van der Waals surface area (Å²) < 4.78 is 0. The van der Waals surface area contributed by atoms with Crippen LogP contribution >= 0.6 is 0 Å². The molecule has 0 saturated heterocycles. The van der Waals surface area contributed by atoms with Crippen LogP contribution in [0.2, 0.25) is 0 Å². The number of unbranched alkanes of at least 4 members (excludes halogenated alkanes) is 7.